The summed E-state index contributed by atoms with van der Waals surface area (Å²) >= 11 is 0. The Balaban J connectivity index is 1.42. The van der Waals surface area contributed by atoms with Crippen molar-refractivity contribution in [3.05, 3.63) is 65.5 Å². The van der Waals surface area contributed by atoms with Crippen molar-refractivity contribution in [3.8, 4) is 0 Å². The van der Waals surface area contributed by atoms with Crippen molar-refractivity contribution in [1.29, 1.82) is 0 Å². The van der Waals surface area contributed by atoms with Gasteiger partial charge in [-0.1, -0.05) is 43.3 Å². The zero-order valence-corrected chi connectivity index (χ0v) is 16.9. The first-order chi connectivity index (χ1) is 13.7. The predicted molar refractivity (Wildman–Crippen MR) is 112 cm³/mol. The largest absolute Gasteiger partial charge is 0.338 e. The number of carbonyl (C=O) groups excluding carboxylic acids is 1. The lowest BCUT2D eigenvalue weighted by Crippen LogP contribution is -2.53. The molecule has 0 saturated carbocycles. The number of carbonyl (C=O) groups is 1. The van der Waals surface area contributed by atoms with Crippen LogP contribution < -0.4 is 0 Å². The van der Waals surface area contributed by atoms with Crippen molar-refractivity contribution >= 4 is 5.91 Å². The van der Waals surface area contributed by atoms with Gasteiger partial charge in [0.25, 0.3) is 0 Å². The van der Waals surface area contributed by atoms with Gasteiger partial charge in [-0.05, 0) is 49.4 Å². The molecule has 2 fully saturated rings. The van der Waals surface area contributed by atoms with Gasteiger partial charge in [-0.2, -0.15) is 0 Å². The Labute approximate surface area is 168 Å². The molecular weight excluding hydrogens is 346 g/mol. The monoisotopic (exact) mass is 377 g/mol. The van der Waals surface area contributed by atoms with E-state index in [0.29, 0.717) is 12.3 Å². The molecule has 2 aromatic rings. The van der Waals surface area contributed by atoms with Gasteiger partial charge in [0.2, 0.25) is 5.91 Å². The summed E-state index contributed by atoms with van der Waals surface area (Å²) in [5.41, 5.74) is 3.91. The van der Waals surface area contributed by atoms with Crippen LogP contribution in [0.4, 0.5) is 0 Å². The molecule has 0 radical (unpaired) electrons. The number of benzene rings is 1. The molecule has 1 spiro atoms. The number of nitrogens with zero attached hydrogens (tertiary/aromatic N) is 3. The fraction of sp³-hybridized carbons (Fsp3) is 0.500. The van der Waals surface area contributed by atoms with Crippen LogP contribution in [0, 0.1) is 5.41 Å². The molecule has 0 unspecified atom stereocenters. The average molecular weight is 378 g/mol. The number of aromatic nitrogens is 1. The zero-order chi connectivity index (χ0) is 19.4. The summed E-state index contributed by atoms with van der Waals surface area (Å²) in [6.07, 6.45) is 7.19. The van der Waals surface area contributed by atoms with Gasteiger partial charge in [0.1, 0.15) is 0 Å². The van der Waals surface area contributed by atoms with Gasteiger partial charge in [0, 0.05) is 44.2 Å². The van der Waals surface area contributed by atoms with Crippen LogP contribution in [-0.4, -0.2) is 40.3 Å². The molecule has 4 rings (SSSR count). The number of rotatable bonds is 5. The predicted octanol–water partition coefficient (Wildman–Crippen LogP) is 4.05. The third-order valence-electron chi connectivity index (χ3n) is 6.38. The second kappa shape index (κ2) is 8.44. The fourth-order valence-corrected chi connectivity index (χ4v) is 4.82. The molecule has 2 aliphatic rings. The third kappa shape index (κ3) is 4.44. The lowest BCUT2D eigenvalue weighted by Gasteiger charge is -2.48. The second-order valence-electron chi connectivity index (χ2n) is 8.56. The molecule has 1 atom stereocenters. The molecule has 0 N–H and O–H groups in total. The maximum absolute atomic E-state index is 12.6. The first-order valence-electron chi connectivity index (χ1n) is 10.6. The minimum atomic E-state index is 0.240. The van der Waals surface area contributed by atoms with Crippen LogP contribution in [0.3, 0.4) is 0 Å². The molecule has 148 valence electrons. The van der Waals surface area contributed by atoms with Gasteiger partial charge in [-0.3, -0.25) is 14.7 Å². The van der Waals surface area contributed by atoms with E-state index in [1.54, 1.807) is 0 Å². The molecule has 2 aliphatic heterocycles. The van der Waals surface area contributed by atoms with Gasteiger partial charge in [-0.15, -0.1) is 0 Å². The summed E-state index contributed by atoms with van der Waals surface area (Å²) < 4.78 is 0. The van der Waals surface area contributed by atoms with Crippen molar-refractivity contribution in [2.45, 2.75) is 52.1 Å². The minimum Gasteiger partial charge on any atom is -0.338 e. The van der Waals surface area contributed by atoms with E-state index in [2.05, 4.69) is 58.1 Å². The number of amides is 1. The number of piperidine rings is 2. The maximum atomic E-state index is 12.6. The first kappa shape index (κ1) is 19.1. The lowest BCUT2D eigenvalue weighted by molar-refractivity contribution is -0.140. The Morgan fingerprint density at radius 1 is 1.00 bits per heavy atom. The van der Waals surface area contributed by atoms with Crippen molar-refractivity contribution in [2.75, 3.05) is 19.6 Å². The topological polar surface area (TPSA) is 36.4 Å². The van der Waals surface area contributed by atoms with E-state index in [0.717, 1.165) is 51.3 Å². The fourth-order valence-electron chi connectivity index (χ4n) is 4.82. The quantitative estimate of drug-likeness (QED) is 0.789. The van der Waals surface area contributed by atoms with Crippen molar-refractivity contribution in [1.82, 2.24) is 14.8 Å². The third-order valence-corrected chi connectivity index (χ3v) is 6.38. The highest BCUT2D eigenvalue weighted by Gasteiger charge is 2.41. The summed E-state index contributed by atoms with van der Waals surface area (Å²) in [6.45, 7) is 6.91. The van der Waals surface area contributed by atoms with Crippen LogP contribution in [0.1, 0.15) is 49.4 Å². The van der Waals surface area contributed by atoms with E-state index >= 15 is 0 Å². The Morgan fingerprint density at radius 2 is 1.86 bits per heavy atom. The molecular formula is C24H31N3O. The van der Waals surface area contributed by atoms with E-state index in [1.807, 2.05) is 12.3 Å². The number of hydrogen-bond acceptors (Lipinski definition) is 3. The number of likely N-dealkylation sites (tertiary alicyclic amines) is 2. The Hall–Kier alpha value is -2.20. The average Bonchev–Trinajstić information content (AvgIpc) is 2.72. The van der Waals surface area contributed by atoms with Crippen molar-refractivity contribution < 1.29 is 4.79 Å². The van der Waals surface area contributed by atoms with Gasteiger partial charge in [0.15, 0.2) is 0 Å². The lowest BCUT2D eigenvalue weighted by atomic mass is 9.73. The molecule has 1 aromatic carbocycles. The van der Waals surface area contributed by atoms with E-state index < -0.39 is 0 Å². The minimum absolute atomic E-state index is 0.240. The Bertz CT molecular complexity index is 789. The molecule has 2 saturated heterocycles. The van der Waals surface area contributed by atoms with Crippen LogP contribution in [0.5, 0.6) is 0 Å². The molecule has 0 aliphatic carbocycles. The molecule has 28 heavy (non-hydrogen) atoms. The highest BCUT2D eigenvalue weighted by Crippen LogP contribution is 2.39. The number of aryl methyl sites for hydroxylation is 1. The first-order valence-corrected chi connectivity index (χ1v) is 10.6. The van der Waals surface area contributed by atoms with Crippen molar-refractivity contribution in [3.63, 3.8) is 0 Å². The summed E-state index contributed by atoms with van der Waals surface area (Å²) in [5.74, 6) is 0.309. The zero-order valence-electron chi connectivity index (χ0n) is 16.9. The summed E-state index contributed by atoms with van der Waals surface area (Å²) in [5, 5.41) is 0. The molecule has 3 heterocycles. The van der Waals surface area contributed by atoms with E-state index in [4.69, 9.17) is 0 Å². The Kier molecular flexibility index (Phi) is 5.77. The standard InChI is InChI=1S/C24H31N3O/c1-2-20-9-10-22(25-15-20)17-26-14-6-12-24(18-26)13-11-23(28)27(19-24)16-21-7-4-3-5-8-21/h3-5,7-10,15H,2,6,11-14,16-19H2,1H3/t24-/m0/s1. The van der Waals surface area contributed by atoms with Gasteiger partial charge < -0.3 is 4.90 Å². The molecule has 1 amide bonds. The van der Waals surface area contributed by atoms with Gasteiger partial charge in [0.05, 0.1) is 5.69 Å². The normalized spacial score (nSPS) is 23.3. The SMILES string of the molecule is CCc1ccc(CN2CCC[C@]3(CCC(=O)N(Cc4ccccc4)C3)C2)nc1. The smallest absolute Gasteiger partial charge is 0.222 e. The van der Waals surface area contributed by atoms with Crippen LogP contribution in [-0.2, 0) is 24.3 Å². The van der Waals surface area contributed by atoms with Gasteiger partial charge >= 0.3 is 0 Å². The molecule has 4 heteroatoms. The second-order valence-corrected chi connectivity index (χ2v) is 8.56. The number of hydrogen-bond donors (Lipinski definition) is 0. The van der Waals surface area contributed by atoms with Crippen LogP contribution >= 0.6 is 0 Å². The van der Waals surface area contributed by atoms with Crippen LogP contribution in [0.15, 0.2) is 48.7 Å². The Morgan fingerprint density at radius 3 is 2.61 bits per heavy atom. The van der Waals surface area contributed by atoms with E-state index in [9.17, 15) is 4.79 Å². The number of pyridine rings is 1. The van der Waals surface area contributed by atoms with E-state index in [-0.39, 0.29) is 5.41 Å². The molecule has 4 nitrogen and oxygen atoms in total. The highest BCUT2D eigenvalue weighted by atomic mass is 16.2. The van der Waals surface area contributed by atoms with E-state index in [1.165, 1.54) is 24.0 Å². The highest BCUT2D eigenvalue weighted by molar-refractivity contribution is 5.77. The molecule has 1 aromatic heterocycles. The maximum Gasteiger partial charge on any atom is 0.222 e. The van der Waals surface area contributed by atoms with Crippen LogP contribution in [0.2, 0.25) is 0 Å². The van der Waals surface area contributed by atoms with Crippen molar-refractivity contribution in [2.24, 2.45) is 5.41 Å². The summed E-state index contributed by atoms with van der Waals surface area (Å²) in [4.78, 5) is 21.9. The molecule has 0 bridgehead atoms. The summed E-state index contributed by atoms with van der Waals surface area (Å²) in [6, 6.07) is 14.7. The summed E-state index contributed by atoms with van der Waals surface area (Å²) in [7, 11) is 0. The van der Waals surface area contributed by atoms with Gasteiger partial charge in [-0.25, -0.2) is 0 Å². The van der Waals surface area contributed by atoms with Crippen LogP contribution in [0.25, 0.3) is 0 Å².